The molecule has 0 bridgehead atoms. The average Bonchev–Trinajstić information content (AvgIpc) is 2.60. The average molecular weight is 488 g/mol. The van der Waals surface area contributed by atoms with Crippen LogP contribution >= 0.6 is 65.8 Å². The maximum atomic E-state index is 10.5. The summed E-state index contributed by atoms with van der Waals surface area (Å²) < 4.78 is 3.10. The van der Waals surface area contributed by atoms with Gasteiger partial charge < -0.3 is 5.11 Å². The number of aliphatic hydroxyl groups excluding tert-OH is 1. The van der Waals surface area contributed by atoms with E-state index in [0.29, 0.717) is 0 Å². The number of aryl methyl sites for hydroxylation is 1. The lowest BCUT2D eigenvalue weighted by molar-refractivity contribution is 0.219. The van der Waals surface area contributed by atoms with E-state index in [4.69, 9.17) is 0 Å². The van der Waals surface area contributed by atoms with Gasteiger partial charge in [0.05, 0.1) is 3.79 Å². The lowest BCUT2D eigenvalue weighted by Gasteiger charge is -2.13. The normalized spacial score (nSPS) is 12.8. The van der Waals surface area contributed by atoms with Crippen LogP contribution in [0, 0.1) is 10.5 Å². The second-order valence-electron chi connectivity index (χ2n) is 3.63. The summed E-state index contributed by atoms with van der Waals surface area (Å²) in [5.41, 5.74) is 1.91. The van der Waals surface area contributed by atoms with Gasteiger partial charge in [-0.05, 0) is 80.8 Å². The van der Waals surface area contributed by atoms with Gasteiger partial charge in [-0.3, -0.25) is 0 Å². The highest BCUT2D eigenvalue weighted by Crippen LogP contribution is 2.35. The Morgan fingerprint density at radius 3 is 2.53 bits per heavy atom. The summed E-state index contributed by atoms with van der Waals surface area (Å²) in [6.45, 7) is 2.03. The van der Waals surface area contributed by atoms with Crippen molar-refractivity contribution in [1.29, 1.82) is 0 Å². The number of hydrogen-bond donors (Lipinski definition) is 1. The predicted octanol–water partition coefficient (Wildman–Crippen LogP) is 5.27. The van der Waals surface area contributed by atoms with Gasteiger partial charge in [0.1, 0.15) is 6.10 Å². The molecule has 0 saturated heterocycles. The van der Waals surface area contributed by atoms with E-state index in [1.54, 1.807) is 11.3 Å². The fraction of sp³-hybridized carbons (Fsp3) is 0.167. The molecule has 1 nitrogen and oxygen atoms in total. The van der Waals surface area contributed by atoms with Gasteiger partial charge in [-0.2, -0.15) is 0 Å². The van der Waals surface area contributed by atoms with Crippen molar-refractivity contribution in [2.75, 3.05) is 0 Å². The Balaban J connectivity index is 2.46. The van der Waals surface area contributed by atoms with E-state index < -0.39 is 6.10 Å². The van der Waals surface area contributed by atoms with Crippen LogP contribution in [-0.4, -0.2) is 5.11 Å². The molecule has 2 aromatic rings. The molecule has 1 aromatic heterocycles. The third-order valence-corrected chi connectivity index (χ3v) is 5.52. The molecular formula is C12H9Br2IOS. The maximum absolute atomic E-state index is 10.5. The minimum atomic E-state index is -0.568. The molecule has 17 heavy (non-hydrogen) atoms. The van der Waals surface area contributed by atoms with Crippen molar-refractivity contribution >= 4 is 65.8 Å². The zero-order valence-corrected chi connectivity index (χ0v) is 15.0. The van der Waals surface area contributed by atoms with Crippen molar-refractivity contribution in [3.63, 3.8) is 0 Å². The van der Waals surface area contributed by atoms with Crippen molar-refractivity contribution in [2.45, 2.75) is 13.0 Å². The van der Waals surface area contributed by atoms with Crippen LogP contribution in [0.4, 0.5) is 0 Å². The van der Waals surface area contributed by atoms with Crippen LogP contribution in [0.3, 0.4) is 0 Å². The molecule has 1 heterocycles. The highest BCUT2D eigenvalue weighted by Gasteiger charge is 2.18. The Morgan fingerprint density at radius 1 is 1.24 bits per heavy atom. The van der Waals surface area contributed by atoms with Gasteiger partial charge in [-0.15, -0.1) is 11.3 Å². The summed E-state index contributed by atoms with van der Waals surface area (Å²) in [5, 5.41) is 10.5. The zero-order chi connectivity index (χ0) is 12.6. The first-order valence-corrected chi connectivity index (χ1v) is 8.36. The van der Waals surface area contributed by atoms with E-state index in [1.807, 2.05) is 31.2 Å². The third-order valence-electron chi connectivity index (χ3n) is 2.47. The van der Waals surface area contributed by atoms with Gasteiger partial charge in [0.2, 0.25) is 0 Å². The summed E-state index contributed by atoms with van der Waals surface area (Å²) in [5.74, 6) is 0. The van der Waals surface area contributed by atoms with Crippen molar-refractivity contribution in [3.05, 3.63) is 52.1 Å². The molecule has 0 spiro atoms. The molecule has 0 aliphatic carbocycles. The Kier molecular flexibility index (Phi) is 4.68. The molecule has 0 fully saturated rings. The maximum Gasteiger partial charge on any atom is 0.106 e. The van der Waals surface area contributed by atoms with Gasteiger partial charge >= 0.3 is 0 Å². The van der Waals surface area contributed by atoms with E-state index in [-0.39, 0.29) is 0 Å². The molecule has 0 saturated carbocycles. The summed E-state index contributed by atoms with van der Waals surface area (Å²) >= 11 is 10.8. The Morgan fingerprint density at radius 2 is 1.94 bits per heavy atom. The largest absolute Gasteiger partial charge is 0.384 e. The SMILES string of the molecule is Cc1sc(Br)cc1C(O)c1cc(Br)ccc1I. The van der Waals surface area contributed by atoms with Crippen LogP contribution in [0.25, 0.3) is 0 Å². The van der Waals surface area contributed by atoms with Crippen molar-refractivity contribution in [2.24, 2.45) is 0 Å². The lowest BCUT2D eigenvalue weighted by Crippen LogP contribution is -2.02. The second kappa shape index (κ2) is 5.69. The zero-order valence-electron chi connectivity index (χ0n) is 8.88. The van der Waals surface area contributed by atoms with Crippen molar-refractivity contribution in [3.8, 4) is 0 Å². The van der Waals surface area contributed by atoms with Crippen LogP contribution in [0.15, 0.2) is 32.5 Å². The Labute approximate surface area is 135 Å². The number of thiophene rings is 1. The second-order valence-corrected chi connectivity index (χ2v) is 8.34. The van der Waals surface area contributed by atoms with Crippen LogP contribution < -0.4 is 0 Å². The van der Waals surface area contributed by atoms with Gasteiger partial charge in [-0.1, -0.05) is 15.9 Å². The molecule has 1 aromatic carbocycles. The molecular weight excluding hydrogens is 479 g/mol. The molecule has 0 amide bonds. The molecule has 5 heteroatoms. The van der Waals surface area contributed by atoms with E-state index in [0.717, 1.165) is 27.8 Å². The summed E-state index contributed by atoms with van der Waals surface area (Å²) in [6, 6.07) is 7.94. The van der Waals surface area contributed by atoms with Gasteiger partial charge in [0.15, 0.2) is 0 Å². The molecule has 0 radical (unpaired) electrons. The summed E-state index contributed by atoms with van der Waals surface area (Å²) in [7, 11) is 0. The minimum absolute atomic E-state index is 0.568. The van der Waals surface area contributed by atoms with Crippen LogP contribution in [0.2, 0.25) is 0 Å². The van der Waals surface area contributed by atoms with Crippen LogP contribution in [0.1, 0.15) is 22.1 Å². The Hall–Kier alpha value is 0.570. The predicted molar refractivity (Wildman–Crippen MR) is 87.7 cm³/mol. The molecule has 1 unspecified atom stereocenters. The van der Waals surface area contributed by atoms with Crippen LogP contribution in [0.5, 0.6) is 0 Å². The third kappa shape index (κ3) is 3.12. The van der Waals surface area contributed by atoms with E-state index >= 15 is 0 Å². The first kappa shape index (κ1) is 14.0. The quantitative estimate of drug-likeness (QED) is 0.572. The van der Waals surface area contributed by atoms with Gasteiger partial charge in [0.25, 0.3) is 0 Å². The summed E-state index contributed by atoms with van der Waals surface area (Å²) in [4.78, 5) is 1.14. The van der Waals surface area contributed by atoms with E-state index in [1.165, 1.54) is 0 Å². The number of rotatable bonds is 2. The highest BCUT2D eigenvalue weighted by molar-refractivity contribution is 14.1. The molecule has 1 atom stereocenters. The van der Waals surface area contributed by atoms with Crippen molar-refractivity contribution in [1.82, 2.24) is 0 Å². The van der Waals surface area contributed by atoms with Gasteiger partial charge in [0, 0.05) is 12.9 Å². The molecule has 90 valence electrons. The lowest BCUT2D eigenvalue weighted by atomic mass is 10.0. The topological polar surface area (TPSA) is 20.2 Å². The minimum Gasteiger partial charge on any atom is -0.384 e. The molecule has 0 aliphatic rings. The molecule has 0 aliphatic heterocycles. The smallest absolute Gasteiger partial charge is 0.106 e. The highest BCUT2D eigenvalue weighted by atomic mass is 127. The van der Waals surface area contributed by atoms with Gasteiger partial charge in [-0.25, -0.2) is 0 Å². The first-order valence-electron chi connectivity index (χ1n) is 4.88. The number of benzene rings is 1. The molecule has 2 rings (SSSR count). The standard InChI is InChI=1S/C12H9Br2IOS/c1-6-8(5-11(14)17-6)12(16)9-4-7(13)2-3-10(9)15/h2-5,12,16H,1H3. The van der Waals surface area contributed by atoms with E-state index in [2.05, 4.69) is 54.5 Å². The van der Waals surface area contributed by atoms with Crippen molar-refractivity contribution < 1.29 is 5.11 Å². The fourth-order valence-electron chi connectivity index (χ4n) is 1.62. The monoisotopic (exact) mass is 486 g/mol. The Bertz CT molecular complexity index is 553. The number of halogens is 3. The van der Waals surface area contributed by atoms with Crippen LogP contribution in [-0.2, 0) is 0 Å². The summed E-state index contributed by atoms with van der Waals surface area (Å²) in [6.07, 6.45) is -0.568. The number of aliphatic hydroxyl groups is 1. The number of hydrogen-bond acceptors (Lipinski definition) is 2. The van der Waals surface area contributed by atoms with E-state index in [9.17, 15) is 5.11 Å². The fourth-order valence-corrected chi connectivity index (χ4v) is 4.37. The molecule has 1 N–H and O–H groups in total. The first-order chi connectivity index (χ1) is 7.99.